The molecule has 0 bridgehead atoms. The van der Waals surface area contributed by atoms with E-state index >= 15 is 0 Å². The van der Waals surface area contributed by atoms with Crippen molar-refractivity contribution in [1.29, 1.82) is 0 Å². The minimum Gasteiger partial charge on any atom is -0.267 e. The van der Waals surface area contributed by atoms with E-state index in [1.807, 2.05) is 12.1 Å². The highest BCUT2D eigenvalue weighted by Crippen LogP contribution is 2.25. The van der Waals surface area contributed by atoms with Crippen molar-refractivity contribution < 1.29 is 0 Å². The number of thiophene rings is 1. The normalized spacial score (nSPS) is 10.9. The standard InChI is InChI=1S/C11H12N2OS/c1-8(2)9-5-6-11(15-9)13-10(14)4-3-7-12-13/h3-8H,1-2H3. The number of rotatable bonds is 2. The molecule has 0 amide bonds. The molecule has 0 aromatic carbocycles. The fraction of sp³-hybridized carbons (Fsp3) is 0.273. The first-order valence-corrected chi connectivity index (χ1v) is 5.64. The zero-order valence-electron chi connectivity index (χ0n) is 8.68. The lowest BCUT2D eigenvalue weighted by Crippen LogP contribution is -2.17. The lowest BCUT2D eigenvalue weighted by Gasteiger charge is -1.99. The van der Waals surface area contributed by atoms with Gasteiger partial charge >= 0.3 is 0 Å². The maximum atomic E-state index is 11.5. The van der Waals surface area contributed by atoms with Gasteiger partial charge in [0.25, 0.3) is 5.56 Å². The van der Waals surface area contributed by atoms with E-state index < -0.39 is 0 Å². The van der Waals surface area contributed by atoms with Crippen LogP contribution in [0.2, 0.25) is 0 Å². The van der Waals surface area contributed by atoms with E-state index in [1.54, 1.807) is 23.6 Å². The van der Waals surface area contributed by atoms with E-state index in [4.69, 9.17) is 0 Å². The molecule has 0 fully saturated rings. The third-order valence-electron chi connectivity index (χ3n) is 2.11. The predicted octanol–water partition coefficient (Wildman–Crippen LogP) is 2.42. The Morgan fingerprint density at radius 2 is 2.13 bits per heavy atom. The highest BCUT2D eigenvalue weighted by Gasteiger charge is 2.06. The van der Waals surface area contributed by atoms with Gasteiger partial charge in [-0.25, -0.2) is 0 Å². The van der Waals surface area contributed by atoms with Gasteiger partial charge in [-0.15, -0.1) is 11.3 Å². The molecular weight excluding hydrogens is 208 g/mol. The summed E-state index contributed by atoms with van der Waals surface area (Å²) >= 11 is 1.61. The quantitative estimate of drug-likeness (QED) is 0.779. The summed E-state index contributed by atoms with van der Waals surface area (Å²) in [6, 6.07) is 7.15. The van der Waals surface area contributed by atoms with Crippen LogP contribution in [0.1, 0.15) is 24.6 Å². The predicted molar refractivity (Wildman–Crippen MR) is 61.8 cm³/mol. The molecule has 0 saturated heterocycles. The first-order chi connectivity index (χ1) is 7.18. The molecule has 4 heteroatoms. The van der Waals surface area contributed by atoms with E-state index in [9.17, 15) is 4.79 Å². The fourth-order valence-electron chi connectivity index (χ4n) is 1.29. The Morgan fingerprint density at radius 1 is 1.33 bits per heavy atom. The van der Waals surface area contributed by atoms with Gasteiger partial charge in [0.2, 0.25) is 0 Å². The van der Waals surface area contributed by atoms with Gasteiger partial charge in [-0.3, -0.25) is 4.79 Å². The summed E-state index contributed by atoms with van der Waals surface area (Å²) in [7, 11) is 0. The average Bonchev–Trinajstić information content (AvgIpc) is 2.67. The van der Waals surface area contributed by atoms with E-state index in [0.29, 0.717) is 5.92 Å². The van der Waals surface area contributed by atoms with Gasteiger partial charge < -0.3 is 0 Å². The van der Waals surface area contributed by atoms with Crippen LogP contribution in [0, 0.1) is 0 Å². The van der Waals surface area contributed by atoms with E-state index in [-0.39, 0.29) is 5.56 Å². The summed E-state index contributed by atoms with van der Waals surface area (Å²) in [5.74, 6) is 0.489. The van der Waals surface area contributed by atoms with Crippen molar-refractivity contribution >= 4 is 11.3 Å². The van der Waals surface area contributed by atoms with Gasteiger partial charge in [0.1, 0.15) is 5.00 Å². The topological polar surface area (TPSA) is 34.9 Å². The Hall–Kier alpha value is -1.42. The number of hydrogen-bond donors (Lipinski definition) is 0. The van der Waals surface area contributed by atoms with Crippen LogP contribution in [-0.2, 0) is 0 Å². The molecule has 0 spiro atoms. The van der Waals surface area contributed by atoms with Gasteiger partial charge in [-0.2, -0.15) is 9.78 Å². The number of nitrogens with zero attached hydrogens (tertiary/aromatic N) is 2. The molecular formula is C11H12N2OS. The third kappa shape index (κ3) is 1.99. The highest BCUT2D eigenvalue weighted by atomic mass is 32.1. The maximum Gasteiger partial charge on any atom is 0.272 e. The molecule has 0 aliphatic heterocycles. The molecule has 0 radical (unpaired) electrons. The molecule has 2 rings (SSSR count). The minimum atomic E-state index is -0.0883. The molecule has 0 aliphatic carbocycles. The Kier molecular flexibility index (Phi) is 2.68. The second kappa shape index (κ2) is 3.98. The molecule has 0 unspecified atom stereocenters. The summed E-state index contributed by atoms with van der Waals surface area (Å²) in [5.41, 5.74) is -0.0883. The minimum absolute atomic E-state index is 0.0883. The largest absolute Gasteiger partial charge is 0.272 e. The van der Waals surface area contributed by atoms with Crippen LogP contribution >= 0.6 is 11.3 Å². The lowest BCUT2D eigenvalue weighted by molar-refractivity contribution is 0.820. The van der Waals surface area contributed by atoms with Gasteiger partial charge in [-0.1, -0.05) is 13.8 Å². The van der Waals surface area contributed by atoms with Crippen LogP contribution in [-0.4, -0.2) is 9.78 Å². The van der Waals surface area contributed by atoms with Crippen molar-refractivity contribution in [3.8, 4) is 5.00 Å². The molecule has 2 aromatic heterocycles. The van der Waals surface area contributed by atoms with Crippen LogP contribution < -0.4 is 5.56 Å². The van der Waals surface area contributed by atoms with E-state index in [0.717, 1.165) is 5.00 Å². The fourth-order valence-corrected chi connectivity index (χ4v) is 2.26. The van der Waals surface area contributed by atoms with Gasteiger partial charge in [0, 0.05) is 17.1 Å². The van der Waals surface area contributed by atoms with E-state index in [2.05, 4.69) is 18.9 Å². The lowest BCUT2D eigenvalue weighted by atomic mass is 10.2. The van der Waals surface area contributed by atoms with Crippen LogP contribution in [0.15, 0.2) is 35.3 Å². The third-order valence-corrected chi connectivity index (χ3v) is 3.47. The average molecular weight is 220 g/mol. The SMILES string of the molecule is CC(C)c1ccc(-n2ncccc2=O)s1. The smallest absolute Gasteiger partial charge is 0.267 e. The number of hydrogen-bond acceptors (Lipinski definition) is 3. The van der Waals surface area contributed by atoms with Gasteiger partial charge in [-0.05, 0) is 24.1 Å². The summed E-state index contributed by atoms with van der Waals surface area (Å²) < 4.78 is 1.43. The van der Waals surface area contributed by atoms with Crippen LogP contribution in [0.5, 0.6) is 0 Å². The maximum absolute atomic E-state index is 11.5. The molecule has 2 aromatic rings. The Bertz CT molecular complexity index is 513. The first-order valence-electron chi connectivity index (χ1n) is 4.83. The zero-order valence-corrected chi connectivity index (χ0v) is 9.49. The van der Waals surface area contributed by atoms with Crippen LogP contribution in [0.3, 0.4) is 0 Å². The van der Waals surface area contributed by atoms with E-state index in [1.165, 1.54) is 15.6 Å². The monoisotopic (exact) mass is 220 g/mol. The highest BCUT2D eigenvalue weighted by molar-refractivity contribution is 7.14. The Balaban J connectivity index is 2.47. The summed E-state index contributed by atoms with van der Waals surface area (Å²) in [5, 5.41) is 4.91. The van der Waals surface area contributed by atoms with Crippen molar-refractivity contribution in [1.82, 2.24) is 9.78 Å². The molecule has 3 nitrogen and oxygen atoms in total. The second-order valence-corrected chi connectivity index (χ2v) is 4.70. The summed E-state index contributed by atoms with van der Waals surface area (Å²) in [4.78, 5) is 12.8. The molecule has 0 N–H and O–H groups in total. The molecule has 15 heavy (non-hydrogen) atoms. The molecule has 0 saturated carbocycles. The van der Waals surface area contributed by atoms with Gasteiger partial charge in [0.15, 0.2) is 0 Å². The van der Waals surface area contributed by atoms with Crippen molar-refractivity contribution in [2.24, 2.45) is 0 Å². The molecule has 2 heterocycles. The second-order valence-electron chi connectivity index (χ2n) is 3.60. The Labute approximate surface area is 92.0 Å². The molecule has 78 valence electrons. The molecule has 0 aliphatic rings. The van der Waals surface area contributed by atoms with Crippen molar-refractivity contribution in [3.63, 3.8) is 0 Å². The van der Waals surface area contributed by atoms with Crippen LogP contribution in [0.4, 0.5) is 0 Å². The van der Waals surface area contributed by atoms with Crippen LogP contribution in [0.25, 0.3) is 5.00 Å². The molecule has 0 atom stereocenters. The van der Waals surface area contributed by atoms with Crippen molar-refractivity contribution in [2.45, 2.75) is 19.8 Å². The van der Waals surface area contributed by atoms with Crippen molar-refractivity contribution in [2.75, 3.05) is 0 Å². The van der Waals surface area contributed by atoms with Crippen molar-refractivity contribution in [3.05, 3.63) is 45.7 Å². The summed E-state index contributed by atoms with van der Waals surface area (Å²) in [6.45, 7) is 4.27. The number of aromatic nitrogens is 2. The van der Waals surface area contributed by atoms with Gasteiger partial charge in [0.05, 0.1) is 0 Å². The summed E-state index contributed by atoms with van der Waals surface area (Å²) in [6.07, 6.45) is 1.62. The first kappa shape index (κ1) is 10.1. The zero-order chi connectivity index (χ0) is 10.8. The Morgan fingerprint density at radius 3 is 2.73 bits per heavy atom.